The summed E-state index contributed by atoms with van der Waals surface area (Å²) < 4.78 is 17.3. The van der Waals surface area contributed by atoms with E-state index in [1.54, 1.807) is 0 Å². The van der Waals surface area contributed by atoms with Gasteiger partial charge in [0.1, 0.15) is 6.61 Å². The van der Waals surface area contributed by atoms with Gasteiger partial charge < -0.3 is 18.8 Å². The summed E-state index contributed by atoms with van der Waals surface area (Å²) >= 11 is 1.23. The first kappa shape index (κ1) is 20.3. The summed E-state index contributed by atoms with van der Waals surface area (Å²) in [4.78, 5) is 14.6. The molecule has 3 aromatic rings. The molecule has 0 bridgehead atoms. The van der Waals surface area contributed by atoms with Gasteiger partial charge in [0.2, 0.25) is 12.0 Å². The first-order chi connectivity index (χ1) is 14.6. The summed E-state index contributed by atoms with van der Waals surface area (Å²) in [6, 6.07) is 17.5. The molecule has 2 heterocycles. The Balaban J connectivity index is 1.35. The number of thioether (sulfide) groups is 1. The van der Waals surface area contributed by atoms with Crippen LogP contribution in [0.5, 0.6) is 11.5 Å². The van der Waals surface area contributed by atoms with Crippen LogP contribution in [0.1, 0.15) is 31.4 Å². The molecule has 8 heteroatoms. The van der Waals surface area contributed by atoms with E-state index in [4.69, 9.17) is 13.9 Å². The lowest BCUT2D eigenvalue weighted by Gasteiger charge is -2.26. The van der Waals surface area contributed by atoms with Gasteiger partial charge in [-0.1, -0.05) is 54.2 Å². The predicted molar refractivity (Wildman–Crippen MR) is 112 cm³/mol. The fraction of sp³-hybridized carbons (Fsp3) is 0.318. The lowest BCUT2D eigenvalue weighted by Crippen LogP contribution is -2.37. The van der Waals surface area contributed by atoms with E-state index in [-0.39, 0.29) is 17.7 Å². The van der Waals surface area contributed by atoms with Crippen molar-refractivity contribution in [3.63, 3.8) is 0 Å². The van der Waals surface area contributed by atoms with Gasteiger partial charge in [-0.25, -0.2) is 0 Å². The molecule has 1 aromatic heterocycles. The van der Waals surface area contributed by atoms with Crippen LogP contribution in [0.2, 0.25) is 0 Å². The quantitative estimate of drug-likeness (QED) is 0.527. The highest BCUT2D eigenvalue weighted by Crippen LogP contribution is 2.36. The Morgan fingerprint density at radius 1 is 1.10 bits per heavy atom. The Morgan fingerprint density at radius 3 is 2.60 bits per heavy atom. The number of hydrogen-bond donors (Lipinski definition) is 0. The van der Waals surface area contributed by atoms with Gasteiger partial charge in [-0.3, -0.25) is 4.79 Å². The molecule has 4 rings (SSSR count). The van der Waals surface area contributed by atoms with Crippen molar-refractivity contribution in [1.82, 2.24) is 15.1 Å². The van der Waals surface area contributed by atoms with Crippen LogP contribution in [0.3, 0.4) is 0 Å². The first-order valence-electron chi connectivity index (χ1n) is 9.78. The molecule has 1 atom stereocenters. The van der Waals surface area contributed by atoms with Crippen LogP contribution in [0.25, 0.3) is 0 Å². The van der Waals surface area contributed by atoms with Crippen LogP contribution in [0.15, 0.2) is 64.2 Å². The van der Waals surface area contributed by atoms with E-state index in [0.29, 0.717) is 35.8 Å². The zero-order valence-electron chi connectivity index (χ0n) is 16.9. The number of benzene rings is 2. The second-order valence-electron chi connectivity index (χ2n) is 7.16. The molecular formula is C22H23N3O4S. The molecule has 0 fully saturated rings. The van der Waals surface area contributed by atoms with Crippen molar-refractivity contribution >= 4 is 17.7 Å². The normalized spacial score (nSPS) is 15.2. The monoisotopic (exact) mass is 425 g/mol. The second kappa shape index (κ2) is 9.21. The Kier molecular flexibility index (Phi) is 6.23. The number of amides is 1. The van der Waals surface area contributed by atoms with E-state index >= 15 is 0 Å². The number of para-hydroxylation sites is 2. The van der Waals surface area contributed by atoms with Crippen molar-refractivity contribution < 1.29 is 18.7 Å². The number of aromatic nitrogens is 2. The van der Waals surface area contributed by atoms with Gasteiger partial charge in [0.25, 0.3) is 11.1 Å². The number of hydrogen-bond acceptors (Lipinski definition) is 7. The predicted octanol–water partition coefficient (Wildman–Crippen LogP) is 4.11. The zero-order valence-corrected chi connectivity index (χ0v) is 17.7. The van der Waals surface area contributed by atoms with Gasteiger partial charge in [-0.15, -0.1) is 10.2 Å². The van der Waals surface area contributed by atoms with Gasteiger partial charge in [0.15, 0.2) is 11.5 Å². The Labute approximate surface area is 179 Å². The average molecular weight is 426 g/mol. The third-order valence-electron chi connectivity index (χ3n) is 4.66. The largest absolute Gasteiger partial charge is 0.485 e. The Hall–Kier alpha value is -3.00. The zero-order chi connectivity index (χ0) is 20.9. The Morgan fingerprint density at radius 2 is 1.83 bits per heavy atom. The van der Waals surface area contributed by atoms with Crippen LogP contribution < -0.4 is 9.47 Å². The highest BCUT2D eigenvalue weighted by Gasteiger charge is 2.27. The number of nitrogens with zero attached hydrogens (tertiary/aromatic N) is 3. The summed E-state index contributed by atoms with van der Waals surface area (Å²) in [5.41, 5.74) is 1.10. The molecule has 1 aliphatic heterocycles. The maximum Gasteiger partial charge on any atom is 0.277 e. The summed E-state index contributed by atoms with van der Waals surface area (Å²) in [6.07, 6.45) is -0.470. The lowest BCUT2D eigenvalue weighted by atomic mass is 10.2. The van der Waals surface area contributed by atoms with E-state index < -0.39 is 6.10 Å². The minimum absolute atomic E-state index is 0.0183. The summed E-state index contributed by atoms with van der Waals surface area (Å²) in [5.74, 6) is 1.91. The number of rotatable bonds is 7. The molecular weight excluding hydrogens is 402 g/mol. The minimum Gasteiger partial charge on any atom is -0.485 e. The molecule has 2 aromatic carbocycles. The van der Waals surface area contributed by atoms with Crippen molar-refractivity contribution in [3.8, 4) is 11.5 Å². The number of fused-ring (bicyclic) bond motifs is 1. The molecule has 1 amide bonds. The van der Waals surface area contributed by atoms with Crippen LogP contribution in [-0.2, 0) is 11.3 Å². The van der Waals surface area contributed by atoms with Gasteiger partial charge in [-0.2, -0.15) is 0 Å². The first-order valence-corrected chi connectivity index (χ1v) is 10.8. The maximum absolute atomic E-state index is 12.8. The molecule has 156 valence electrons. The smallest absolute Gasteiger partial charge is 0.277 e. The molecule has 1 aliphatic rings. The van der Waals surface area contributed by atoms with Gasteiger partial charge in [-0.05, 0) is 31.5 Å². The number of carbonyl (C=O) groups excluding carboxylic acids is 1. The van der Waals surface area contributed by atoms with E-state index in [2.05, 4.69) is 10.2 Å². The SMILES string of the molecule is CC(C)N(Cc1ccccc1)C(=O)CSc1nnc(C2COc3ccccc3O2)o1. The fourth-order valence-corrected chi connectivity index (χ4v) is 3.75. The molecule has 0 saturated heterocycles. The van der Waals surface area contributed by atoms with Crippen LogP contribution in [-0.4, -0.2) is 39.4 Å². The van der Waals surface area contributed by atoms with Gasteiger partial charge in [0, 0.05) is 12.6 Å². The van der Waals surface area contributed by atoms with Crippen LogP contribution >= 0.6 is 11.8 Å². The van der Waals surface area contributed by atoms with Crippen molar-refractivity contribution in [1.29, 1.82) is 0 Å². The van der Waals surface area contributed by atoms with Crippen molar-refractivity contribution in [2.45, 2.75) is 37.8 Å². The highest BCUT2D eigenvalue weighted by atomic mass is 32.2. The summed E-state index contributed by atoms with van der Waals surface area (Å²) in [7, 11) is 0. The number of ether oxygens (including phenoxy) is 2. The van der Waals surface area contributed by atoms with E-state index in [0.717, 1.165) is 5.56 Å². The molecule has 0 radical (unpaired) electrons. The van der Waals surface area contributed by atoms with Crippen LogP contribution in [0.4, 0.5) is 0 Å². The minimum atomic E-state index is -0.470. The number of carbonyl (C=O) groups is 1. The summed E-state index contributed by atoms with van der Waals surface area (Å²) in [6.45, 7) is 4.88. The van der Waals surface area contributed by atoms with E-state index in [9.17, 15) is 4.79 Å². The topological polar surface area (TPSA) is 77.7 Å². The molecule has 0 saturated carbocycles. The Bertz CT molecular complexity index is 993. The molecule has 0 N–H and O–H groups in total. The average Bonchev–Trinajstić information content (AvgIpc) is 3.25. The molecule has 30 heavy (non-hydrogen) atoms. The van der Waals surface area contributed by atoms with E-state index in [1.165, 1.54) is 11.8 Å². The van der Waals surface area contributed by atoms with E-state index in [1.807, 2.05) is 73.3 Å². The molecule has 0 aliphatic carbocycles. The van der Waals surface area contributed by atoms with Gasteiger partial charge >= 0.3 is 0 Å². The van der Waals surface area contributed by atoms with Crippen molar-refractivity contribution in [3.05, 3.63) is 66.1 Å². The van der Waals surface area contributed by atoms with Crippen LogP contribution in [0, 0.1) is 0 Å². The van der Waals surface area contributed by atoms with Crippen molar-refractivity contribution in [2.75, 3.05) is 12.4 Å². The molecule has 0 spiro atoms. The standard InChI is InChI=1S/C22H23N3O4S/c1-15(2)25(12-16-8-4-3-5-9-16)20(26)14-30-22-24-23-21(29-22)19-13-27-17-10-6-7-11-18(17)28-19/h3-11,15,19H,12-14H2,1-2H3. The third-order valence-corrected chi connectivity index (χ3v) is 5.47. The second-order valence-corrected chi connectivity index (χ2v) is 8.09. The van der Waals surface area contributed by atoms with Crippen molar-refractivity contribution in [2.24, 2.45) is 0 Å². The fourth-order valence-electron chi connectivity index (χ4n) is 3.10. The lowest BCUT2D eigenvalue weighted by molar-refractivity contribution is -0.130. The highest BCUT2D eigenvalue weighted by molar-refractivity contribution is 7.99. The molecule has 7 nitrogen and oxygen atoms in total. The third kappa shape index (κ3) is 4.76. The molecule has 1 unspecified atom stereocenters. The van der Waals surface area contributed by atoms with Gasteiger partial charge in [0.05, 0.1) is 5.75 Å². The summed E-state index contributed by atoms with van der Waals surface area (Å²) in [5, 5.41) is 8.46. The maximum atomic E-state index is 12.8.